The zero-order chi connectivity index (χ0) is 24.2. The molecule has 0 bridgehead atoms. The van der Waals surface area contributed by atoms with Crippen molar-refractivity contribution in [2.75, 3.05) is 11.6 Å². The molecule has 0 atom stereocenters. The standard InChI is InChI=1S/C29H27N5S/c1-4-20-17-23(35-3)15-16-24(20)31-26-18-25-28(30-19-34(25)2)29(32-26)33-27(21-11-7-5-8-12-21)22-13-9-6-10-14-22/h5-19H,4H2,1-3H3,(H,31,32). The molecule has 3 aromatic carbocycles. The Morgan fingerprint density at radius 2 is 1.63 bits per heavy atom. The van der Waals surface area contributed by atoms with Crippen LogP contribution in [0.25, 0.3) is 11.0 Å². The van der Waals surface area contributed by atoms with Crippen LogP contribution in [-0.2, 0) is 13.5 Å². The summed E-state index contributed by atoms with van der Waals surface area (Å²) in [6.07, 6.45) is 4.84. The summed E-state index contributed by atoms with van der Waals surface area (Å²) >= 11 is 1.75. The SMILES string of the molecule is CCc1cc(SC)ccc1Nc1cc2c(ncn2C)c(N=C(c2ccccc2)c2ccccc2)n1. The minimum absolute atomic E-state index is 0.590. The van der Waals surface area contributed by atoms with E-state index in [1.54, 1.807) is 11.8 Å². The van der Waals surface area contributed by atoms with Crippen molar-refractivity contribution in [1.82, 2.24) is 14.5 Å². The van der Waals surface area contributed by atoms with Gasteiger partial charge in [-0.05, 0) is 36.4 Å². The second kappa shape index (κ2) is 10.2. The molecule has 0 radical (unpaired) electrons. The van der Waals surface area contributed by atoms with Gasteiger partial charge in [0.15, 0.2) is 5.82 Å². The van der Waals surface area contributed by atoms with Crippen molar-refractivity contribution < 1.29 is 0 Å². The van der Waals surface area contributed by atoms with Gasteiger partial charge in [-0.15, -0.1) is 11.8 Å². The van der Waals surface area contributed by atoms with Crippen LogP contribution in [0, 0.1) is 0 Å². The number of hydrogen-bond acceptors (Lipinski definition) is 5. The van der Waals surface area contributed by atoms with Crippen molar-refractivity contribution in [3.63, 3.8) is 0 Å². The maximum absolute atomic E-state index is 5.10. The van der Waals surface area contributed by atoms with Crippen molar-refractivity contribution in [1.29, 1.82) is 0 Å². The molecule has 0 fully saturated rings. The third-order valence-corrected chi connectivity index (χ3v) is 6.69. The summed E-state index contributed by atoms with van der Waals surface area (Å²) in [5.41, 5.74) is 6.98. The summed E-state index contributed by atoms with van der Waals surface area (Å²) in [6, 6.07) is 29.0. The summed E-state index contributed by atoms with van der Waals surface area (Å²) in [5, 5.41) is 3.55. The Morgan fingerprint density at radius 3 is 2.26 bits per heavy atom. The lowest BCUT2D eigenvalue weighted by Gasteiger charge is -2.13. The third kappa shape index (κ3) is 4.84. The molecule has 0 aliphatic rings. The monoisotopic (exact) mass is 477 g/mol. The highest BCUT2D eigenvalue weighted by molar-refractivity contribution is 7.98. The first-order valence-corrected chi connectivity index (χ1v) is 12.8. The van der Waals surface area contributed by atoms with Crippen LogP contribution in [0.3, 0.4) is 0 Å². The van der Waals surface area contributed by atoms with Crippen LogP contribution in [0.4, 0.5) is 17.3 Å². The highest BCUT2D eigenvalue weighted by atomic mass is 32.2. The molecule has 35 heavy (non-hydrogen) atoms. The van der Waals surface area contributed by atoms with E-state index in [1.807, 2.05) is 60.4 Å². The van der Waals surface area contributed by atoms with Gasteiger partial charge in [-0.2, -0.15) is 0 Å². The number of thioether (sulfide) groups is 1. The molecule has 0 saturated heterocycles. The Bertz CT molecular complexity index is 1450. The zero-order valence-corrected chi connectivity index (χ0v) is 20.9. The summed E-state index contributed by atoms with van der Waals surface area (Å²) in [6.45, 7) is 2.17. The van der Waals surface area contributed by atoms with Crippen LogP contribution in [0.1, 0.15) is 23.6 Å². The topological polar surface area (TPSA) is 55.1 Å². The largest absolute Gasteiger partial charge is 0.340 e. The van der Waals surface area contributed by atoms with Crippen molar-refractivity contribution in [2.24, 2.45) is 12.0 Å². The molecular formula is C29H27N5S. The van der Waals surface area contributed by atoms with Crippen LogP contribution in [-0.4, -0.2) is 26.5 Å². The molecule has 0 amide bonds. The van der Waals surface area contributed by atoms with Gasteiger partial charge in [-0.3, -0.25) is 0 Å². The molecule has 6 heteroatoms. The fourth-order valence-corrected chi connectivity index (χ4v) is 4.56. The maximum Gasteiger partial charge on any atom is 0.183 e. The van der Waals surface area contributed by atoms with Crippen LogP contribution in [0.2, 0.25) is 0 Å². The molecule has 0 aliphatic heterocycles. The third-order valence-electron chi connectivity index (χ3n) is 5.96. The van der Waals surface area contributed by atoms with Crippen LogP contribution in [0.15, 0.2) is 101 Å². The lowest BCUT2D eigenvalue weighted by atomic mass is 10.0. The molecule has 5 rings (SSSR count). The summed E-state index contributed by atoms with van der Waals surface area (Å²) in [5.74, 6) is 1.33. The van der Waals surface area contributed by atoms with Gasteiger partial charge in [-0.25, -0.2) is 15.0 Å². The van der Waals surface area contributed by atoms with E-state index in [4.69, 9.17) is 9.98 Å². The van der Waals surface area contributed by atoms with Crippen LogP contribution in [0.5, 0.6) is 0 Å². The van der Waals surface area contributed by atoms with E-state index in [0.29, 0.717) is 5.82 Å². The number of imidazole rings is 1. The first-order valence-electron chi connectivity index (χ1n) is 11.6. The van der Waals surface area contributed by atoms with Gasteiger partial charge >= 0.3 is 0 Å². The van der Waals surface area contributed by atoms with Crippen LogP contribution < -0.4 is 5.32 Å². The second-order valence-electron chi connectivity index (χ2n) is 8.25. The van der Waals surface area contributed by atoms with Gasteiger partial charge in [0.25, 0.3) is 0 Å². The van der Waals surface area contributed by atoms with E-state index in [9.17, 15) is 0 Å². The Morgan fingerprint density at radius 1 is 0.943 bits per heavy atom. The van der Waals surface area contributed by atoms with Crippen molar-refractivity contribution in [3.8, 4) is 0 Å². The highest BCUT2D eigenvalue weighted by Gasteiger charge is 2.14. The molecule has 1 N–H and O–H groups in total. The minimum atomic E-state index is 0.590. The van der Waals surface area contributed by atoms with Crippen molar-refractivity contribution in [2.45, 2.75) is 18.2 Å². The first-order chi connectivity index (χ1) is 17.2. The number of aryl methyl sites for hydroxylation is 2. The van der Waals surface area contributed by atoms with Gasteiger partial charge in [0.05, 0.1) is 17.6 Å². The summed E-state index contributed by atoms with van der Waals surface area (Å²) in [4.78, 5) is 15.9. The van der Waals surface area contributed by atoms with E-state index in [2.05, 4.69) is 65.9 Å². The molecule has 2 aromatic heterocycles. The lowest BCUT2D eigenvalue weighted by molar-refractivity contribution is 0.947. The van der Waals surface area contributed by atoms with E-state index in [0.717, 1.165) is 45.8 Å². The van der Waals surface area contributed by atoms with E-state index >= 15 is 0 Å². The van der Waals surface area contributed by atoms with Crippen molar-refractivity contribution in [3.05, 3.63) is 108 Å². The molecule has 5 nitrogen and oxygen atoms in total. The molecular weight excluding hydrogens is 450 g/mol. The number of aliphatic imine (C=N–C) groups is 1. The number of nitrogens with zero attached hydrogens (tertiary/aromatic N) is 4. The number of hydrogen-bond donors (Lipinski definition) is 1. The molecule has 0 unspecified atom stereocenters. The molecule has 0 saturated carbocycles. The average Bonchev–Trinajstić information content (AvgIpc) is 3.29. The normalized spacial score (nSPS) is 10.9. The van der Waals surface area contributed by atoms with Crippen molar-refractivity contribution >= 4 is 45.8 Å². The van der Waals surface area contributed by atoms with Crippen LogP contribution >= 0.6 is 11.8 Å². The number of rotatable bonds is 7. The summed E-state index contributed by atoms with van der Waals surface area (Å²) < 4.78 is 2.00. The molecule has 0 aliphatic carbocycles. The number of anilines is 2. The fourth-order valence-electron chi connectivity index (χ4n) is 4.10. The van der Waals surface area contributed by atoms with E-state index in [-0.39, 0.29) is 0 Å². The Kier molecular flexibility index (Phi) is 6.64. The minimum Gasteiger partial charge on any atom is -0.340 e. The zero-order valence-electron chi connectivity index (χ0n) is 20.1. The van der Waals surface area contributed by atoms with Gasteiger partial charge < -0.3 is 9.88 Å². The lowest BCUT2D eigenvalue weighted by Crippen LogP contribution is -2.04. The number of pyridine rings is 1. The second-order valence-corrected chi connectivity index (χ2v) is 9.13. The van der Waals surface area contributed by atoms with E-state index < -0.39 is 0 Å². The van der Waals surface area contributed by atoms with Gasteiger partial charge in [0.1, 0.15) is 11.3 Å². The number of fused-ring (bicyclic) bond motifs is 1. The number of aromatic nitrogens is 3. The number of benzene rings is 3. The molecule has 174 valence electrons. The number of nitrogens with one attached hydrogen (secondary N) is 1. The smallest absolute Gasteiger partial charge is 0.183 e. The average molecular weight is 478 g/mol. The van der Waals surface area contributed by atoms with E-state index in [1.165, 1.54) is 10.5 Å². The fraction of sp³-hybridized carbons (Fsp3) is 0.138. The molecule has 2 heterocycles. The van der Waals surface area contributed by atoms with Gasteiger partial charge in [-0.1, -0.05) is 67.6 Å². The quantitative estimate of drug-likeness (QED) is 0.199. The Balaban J connectivity index is 1.66. The summed E-state index contributed by atoms with van der Waals surface area (Å²) in [7, 11) is 1.99. The predicted molar refractivity (Wildman–Crippen MR) is 148 cm³/mol. The first kappa shape index (κ1) is 22.9. The molecule has 0 spiro atoms. The predicted octanol–water partition coefficient (Wildman–Crippen LogP) is 7.17. The van der Waals surface area contributed by atoms with Gasteiger partial charge in [0, 0.05) is 34.8 Å². The van der Waals surface area contributed by atoms with Gasteiger partial charge in [0.2, 0.25) is 0 Å². The maximum atomic E-state index is 5.10. The Hall–Kier alpha value is -3.90. The highest BCUT2D eigenvalue weighted by Crippen LogP contribution is 2.31. The Labute approximate surface area is 210 Å². The molecule has 5 aromatic rings.